The molecule has 7 nitrogen and oxygen atoms in total. The third kappa shape index (κ3) is 8.07. The SMILES string of the molecule is CC(C)(C)NC(=O)C1CC2C=CC1C2.CC(C)(C)NC(=O)CN=[N+]=[N-]. The highest BCUT2D eigenvalue weighted by Gasteiger charge is 2.40. The van der Waals surface area contributed by atoms with Gasteiger partial charge in [-0.15, -0.1) is 0 Å². The van der Waals surface area contributed by atoms with Gasteiger partial charge in [0.1, 0.15) is 6.54 Å². The van der Waals surface area contributed by atoms with Gasteiger partial charge in [-0.05, 0) is 71.8 Å². The number of carbonyl (C=O) groups is 2. The first-order chi connectivity index (χ1) is 11.4. The number of nitrogens with zero attached hydrogens (tertiary/aromatic N) is 3. The smallest absolute Gasteiger partial charge is 0.226 e. The summed E-state index contributed by atoms with van der Waals surface area (Å²) in [5.74, 6) is 1.42. The van der Waals surface area contributed by atoms with Crippen LogP contribution in [0.1, 0.15) is 54.4 Å². The van der Waals surface area contributed by atoms with Crippen LogP contribution in [0.15, 0.2) is 17.3 Å². The summed E-state index contributed by atoms with van der Waals surface area (Å²) >= 11 is 0. The molecule has 0 saturated heterocycles. The Labute approximate surface area is 150 Å². The molecule has 0 aromatic rings. The van der Waals surface area contributed by atoms with Crippen LogP contribution in [0, 0.1) is 17.8 Å². The molecule has 2 bridgehead atoms. The molecule has 25 heavy (non-hydrogen) atoms. The van der Waals surface area contributed by atoms with Gasteiger partial charge >= 0.3 is 0 Å². The second-order valence-electron chi connectivity index (χ2n) is 8.81. The summed E-state index contributed by atoms with van der Waals surface area (Å²) in [6.45, 7) is 11.6. The Hall–Kier alpha value is -2.01. The van der Waals surface area contributed by atoms with Crippen molar-refractivity contribution in [3.05, 3.63) is 22.6 Å². The fourth-order valence-electron chi connectivity index (χ4n) is 3.10. The molecule has 3 unspecified atom stereocenters. The first-order valence-corrected chi connectivity index (χ1v) is 8.73. The Balaban J connectivity index is 0.000000260. The standard InChI is InChI=1S/C12H19NO.C6H12N4O/c1-12(2,3)13-11(14)10-7-8-4-5-9(10)6-8;1-6(2,3)9-5(11)4-8-10-7/h4-5,8-10H,6-7H2,1-3H3,(H,13,14);4H2,1-3H3,(H,9,11). The molecule has 0 aromatic heterocycles. The van der Waals surface area contributed by atoms with Crippen LogP contribution < -0.4 is 10.6 Å². The molecule has 7 heteroatoms. The molecule has 140 valence electrons. The zero-order chi connectivity index (χ0) is 19.3. The van der Waals surface area contributed by atoms with Gasteiger partial charge in [-0.3, -0.25) is 9.59 Å². The zero-order valence-electron chi connectivity index (χ0n) is 16.2. The van der Waals surface area contributed by atoms with Crippen LogP contribution in [-0.4, -0.2) is 29.4 Å². The van der Waals surface area contributed by atoms with E-state index >= 15 is 0 Å². The van der Waals surface area contributed by atoms with Crippen molar-refractivity contribution in [3.63, 3.8) is 0 Å². The maximum absolute atomic E-state index is 11.9. The van der Waals surface area contributed by atoms with Crippen molar-refractivity contribution in [2.75, 3.05) is 6.54 Å². The maximum atomic E-state index is 11.9. The largest absolute Gasteiger partial charge is 0.351 e. The van der Waals surface area contributed by atoms with Gasteiger partial charge in [-0.1, -0.05) is 17.3 Å². The molecule has 2 aliphatic rings. The molecule has 2 amide bonds. The summed E-state index contributed by atoms with van der Waals surface area (Å²) < 4.78 is 0. The predicted molar refractivity (Wildman–Crippen MR) is 98.6 cm³/mol. The van der Waals surface area contributed by atoms with E-state index < -0.39 is 0 Å². The minimum absolute atomic E-state index is 0.0946. The van der Waals surface area contributed by atoms with Crippen LogP contribution in [0.3, 0.4) is 0 Å². The van der Waals surface area contributed by atoms with Gasteiger partial charge in [-0.25, -0.2) is 0 Å². The second-order valence-corrected chi connectivity index (χ2v) is 8.81. The van der Waals surface area contributed by atoms with E-state index in [4.69, 9.17) is 5.53 Å². The highest BCUT2D eigenvalue weighted by atomic mass is 16.2. The molecule has 2 aliphatic carbocycles. The van der Waals surface area contributed by atoms with Crippen molar-refractivity contribution in [1.82, 2.24) is 10.6 Å². The molecule has 0 radical (unpaired) electrons. The molecule has 0 spiro atoms. The molecular formula is C18H31N5O2. The van der Waals surface area contributed by atoms with E-state index in [2.05, 4.69) is 32.8 Å². The monoisotopic (exact) mass is 349 g/mol. The van der Waals surface area contributed by atoms with E-state index in [1.807, 2.05) is 41.5 Å². The number of nitrogens with one attached hydrogen (secondary N) is 2. The van der Waals surface area contributed by atoms with Crippen LogP contribution in [0.5, 0.6) is 0 Å². The lowest BCUT2D eigenvalue weighted by Crippen LogP contribution is -2.44. The Bertz CT molecular complexity index is 565. The number of hydrogen-bond donors (Lipinski definition) is 2. The topological polar surface area (TPSA) is 107 Å². The third-order valence-electron chi connectivity index (χ3n) is 3.91. The predicted octanol–water partition coefficient (Wildman–Crippen LogP) is 3.32. The molecule has 0 aliphatic heterocycles. The van der Waals surface area contributed by atoms with Crippen LogP contribution >= 0.6 is 0 Å². The molecule has 2 N–H and O–H groups in total. The highest BCUT2D eigenvalue weighted by Crippen LogP contribution is 2.43. The summed E-state index contributed by atoms with van der Waals surface area (Å²) in [7, 11) is 0. The summed E-state index contributed by atoms with van der Waals surface area (Å²) in [5, 5.41) is 8.85. The average molecular weight is 349 g/mol. The molecule has 1 saturated carbocycles. The van der Waals surface area contributed by atoms with E-state index in [-0.39, 0.29) is 35.4 Å². The molecule has 3 atom stereocenters. The average Bonchev–Trinajstić information content (AvgIpc) is 3.04. The third-order valence-corrected chi connectivity index (χ3v) is 3.91. The van der Waals surface area contributed by atoms with E-state index in [0.717, 1.165) is 6.42 Å². The van der Waals surface area contributed by atoms with Crippen molar-refractivity contribution < 1.29 is 9.59 Å². The van der Waals surface area contributed by atoms with Gasteiger partial charge in [0.25, 0.3) is 0 Å². The summed E-state index contributed by atoms with van der Waals surface area (Å²) in [6, 6.07) is 0. The van der Waals surface area contributed by atoms with Gasteiger partial charge in [-0.2, -0.15) is 0 Å². The van der Waals surface area contributed by atoms with Gasteiger partial charge in [0, 0.05) is 21.9 Å². The van der Waals surface area contributed by atoms with Crippen LogP contribution in [0.25, 0.3) is 10.4 Å². The number of hydrogen-bond acceptors (Lipinski definition) is 3. The number of fused-ring (bicyclic) bond motifs is 2. The molecule has 2 rings (SSSR count). The van der Waals surface area contributed by atoms with Crippen molar-refractivity contribution in [1.29, 1.82) is 0 Å². The minimum atomic E-state index is -0.262. The minimum Gasteiger partial charge on any atom is -0.351 e. The van der Waals surface area contributed by atoms with Gasteiger partial charge in [0.2, 0.25) is 11.8 Å². The first-order valence-electron chi connectivity index (χ1n) is 8.73. The molecule has 1 fully saturated rings. The molecule has 0 heterocycles. The Morgan fingerprint density at radius 2 is 1.68 bits per heavy atom. The number of azide groups is 1. The summed E-state index contributed by atoms with van der Waals surface area (Å²) in [6.07, 6.45) is 6.75. The van der Waals surface area contributed by atoms with E-state index in [1.165, 1.54) is 6.42 Å². The Kier molecular flexibility index (Phi) is 7.06. The Morgan fingerprint density at radius 1 is 1.08 bits per heavy atom. The molecule has 0 aromatic carbocycles. The van der Waals surface area contributed by atoms with Gasteiger partial charge < -0.3 is 10.6 Å². The number of carbonyl (C=O) groups excluding carboxylic acids is 2. The van der Waals surface area contributed by atoms with Crippen LogP contribution in [0.4, 0.5) is 0 Å². The molecular weight excluding hydrogens is 318 g/mol. The van der Waals surface area contributed by atoms with Crippen LogP contribution in [-0.2, 0) is 9.59 Å². The normalized spacial score (nSPS) is 24.0. The van der Waals surface area contributed by atoms with Gasteiger partial charge in [0.05, 0.1) is 0 Å². The summed E-state index contributed by atoms with van der Waals surface area (Å²) in [5.41, 5.74) is 7.54. The highest BCUT2D eigenvalue weighted by molar-refractivity contribution is 5.80. The zero-order valence-corrected chi connectivity index (χ0v) is 16.2. The van der Waals surface area contributed by atoms with Crippen molar-refractivity contribution in [2.45, 2.75) is 65.5 Å². The number of rotatable bonds is 3. The lowest BCUT2D eigenvalue weighted by atomic mass is 9.92. The van der Waals surface area contributed by atoms with Crippen molar-refractivity contribution in [3.8, 4) is 0 Å². The van der Waals surface area contributed by atoms with Crippen molar-refractivity contribution in [2.24, 2.45) is 22.9 Å². The van der Waals surface area contributed by atoms with E-state index in [1.54, 1.807) is 0 Å². The Morgan fingerprint density at radius 3 is 2.08 bits per heavy atom. The fraction of sp³-hybridized carbons (Fsp3) is 0.778. The lowest BCUT2D eigenvalue weighted by molar-refractivity contribution is -0.127. The maximum Gasteiger partial charge on any atom is 0.226 e. The van der Waals surface area contributed by atoms with E-state index in [0.29, 0.717) is 11.8 Å². The van der Waals surface area contributed by atoms with E-state index in [9.17, 15) is 9.59 Å². The quantitative estimate of drug-likeness (QED) is 0.353. The van der Waals surface area contributed by atoms with Gasteiger partial charge in [0.15, 0.2) is 0 Å². The number of amides is 2. The summed E-state index contributed by atoms with van der Waals surface area (Å²) in [4.78, 5) is 25.2. The second kappa shape index (κ2) is 8.39. The lowest BCUT2D eigenvalue weighted by Gasteiger charge is -2.25. The number of allylic oxidation sites excluding steroid dienone is 2. The van der Waals surface area contributed by atoms with Crippen molar-refractivity contribution >= 4 is 11.8 Å². The first kappa shape index (κ1) is 21.0. The van der Waals surface area contributed by atoms with Crippen LogP contribution in [0.2, 0.25) is 0 Å². The fourth-order valence-corrected chi connectivity index (χ4v) is 3.10.